The zero-order chi connectivity index (χ0) is 15.2. The summed E-state index contributed by atoms with van der Waals surface area (Å²) in [5, 5.41) is 0. The molecule has 0 aliphatic carbocycles. The van der Waals surface area contributed by atoms with Gasteiger partial charge in [0.2, 0.25) is 0 Å². The van der Waals surface area contributed by atoms with Crippen molar-refractivity contribution in [2.75, 3.05) is 0 Å². The molecule has 0 fully saturated rings. The molecule has 0 bridgehead atoms. The minimum absolute atomic E-state index is 0.0394. The average molecular weight is 298 g/mol. The standard InChI is InChI=1S/C14H7F5N2/c15-8-3-1-4-9(16)13(8)10-7-21-11(14(17,18)19)5-2-6-12(21)20-10/h1-7H. The van der Waals surface area contributed by atoms with E-state index in [9.17, 15) is 22.0 Å². The zero-order valence-electron chi connectivity index (χ0n) is 10.3. The van der Waals surface area contributed by atoms with E-state index in [-0.39, 0.29) is 11.3 Å². The van der Waals surface area contributed by atoms with E-state index in [1.54, 1.807) is 0 Å². The van der Waals surface area contributed by atoms with Crippen molar-refractivity contribution in [3.63, 3.8) is 0 Å². The lowest BCUT2D eigenvalue weighted by Crippen LogP contribution is -2.10. The van der Waals surface area contributed by atoms with Crippen molar-refractivity contribution in [1.82, 2.24) is 9.38 Å². The van der Waals surface area contributed by atoms with Crippen LogP contribution in [0.4, 0.5) is 22.0 Å². The molecule has 0 unspecified atom stereocenters. The minimum atomic E-state index is -4.59. The van der Waals surface area contributed by atoms with Gasteiger partial charge in [0, 0.05) is 6.20 Å². The van der Waals surface area contributed by atoms with Crippen LogP contribution in [0.2, 0.25) is 0 Å². The number of imidazole rings is 1. The summed E-state index contributed by atoms with van der Waals surface area (Å²) in [6.07, 6.45) is -3.62. The Balaban J connectivity index is 2.28. The van der Waals surface area contributed by atoms with Crippen molar-refractivity contribution in [2.24, 2.45) is 0 Å². The molecule has 0 spiro atoms. The molecule has 2 aromatic heterocycles. The van der Waals surface area contributed by atoms with Crippen LogP contribution in [-0.2, 0) is 6.18 Å². The normalized spacial score (nSPS) is 12.0. The van der Waals surface area contributed by atoms with Gasteiger partial charge in [0.05, 0.1) is 11.3 Å². The van der Waals surface area contributed by atoms with Gasteiger partial charge in [0.15, 0.2) is 0 Å². The molecule has 0 saturated carbocycles. The van der Waals surface area contributed by atoms with Crippen LogP contribution < -0.4 is 0 Å². The molecule has 21 heavy (non-hydrogen) atoms. The van der Waals surface area contributed by atoms with Crippen LogP contribution in [0, 0.1) is 11.6 Å². The van der Waals surface area contributed by atoms with Crippen LogP contribution in [0.15, 0.2) is 42.6 Å². The second-order valence-electron chi connectivity index (χ2n) is 4.36. The first-order valence-corrected chi connectivity index (χ1v) is 5.87. The van der Waals surface area contributed by atoms with Gasteiger partial charge in [-0.15, -0.1) is 0 Å². The molecule has 0 aliphatic rings. The molecule has 3 aromatic rings. The van der Waals surface area contributed by atoms with Crippen molar-refractivity contribution in [3.8, 4) is 11.3 Å². The fourth-order valence-electron chi connectivity index (χ4n) is 2.10. The number of nitrogens with zero attached hydrogens (tertiary/aromatic N) is 2. The van der Waals surface area contributed by atoms with Crippen molar-refractivity contribution in [1.29, 1.82) is 0 Å². The first-order valence-electron chi connectivity index (χ1n) is 5.87. The minimum Gasteiger partial charge on any atom is -0.295 e. The van der Waals surface area contributed by atoms with E-state index < -0.39 is 29.1 Å². The lowest BCUT2D eigenvalue weighted by atomic mass is 10.1. The third-order valence-corrected chi connectivity index (χ3v) is 3.00. The Hall–Kier alpha value is -2.44. The Morgan fingerprint density at radius 2 is 1.52 bits per heavy atom. The summed E-state index contributed by atoms with van der Waals surface area (Å²) in [7, 11) is 0. The smallest absolute Gasteiger partial charge is 0.295 e. The molecule has 3 rings (SSSR count). The fourth-order valence-corrected chi connectivity index (χ4v) is 2.10. The molecule has 0 N–H and O–H groups in total. The molecule has 0 radical (unpaired) electrons. The Kier molecular flexibility index (Phi) is 2.93. The highest BCUT2D eigenvalue weighted by Crippen LogP contribution is 2.32. The summed E-state index contributed by atoms with van der Waals surface area (Å²) in [6.45, 7) is 0. The van der Waals surface area contributed by atoms with Gasteiger partial charge in [-0.1, -0.05) is 12.1 Å². The summed E-state index contributed by atoms with van der Waals surface area (Å²) < 4.78 is 66.8. The lowest BCUT2D eigenvalue weighted by molar-refractivity contribution is -0.142. The molecule has 7 heteroatoms. The number of hydrogen-bond acceptors (Lipinski definition) is 1. The molecule has 2 nitrogen and oxygen atoms in total. The SMILES string of the molecule is Fc1cccc(F)c1-c1cn2c(C(F)(F)F)cccc2n1. The summed E-state index contributed by atoms with van der Waals surface area (Å²) >= 11 is 0. The highest BCUT2D eigenvalue weighted by molar-refractivity contribution is 5.64. The second-order valence-corrected chi connectivity index (χ2v) is 4.36. The van der Waals surface area contributed by atoms with Crippen molar-refractivity contribution < 1.29 is 22.0 Å². The number of hydrogen-bond donors (Lipinski definition) is 0. The van der Waals surface area contributed by atoms with E-state index in [1.807, 2.05) is 0 Å². The van der Waals surface area contributed by atoms with Crippen molar-refractivity contribution >= 4 is 5.65 Å². The summed E-state index contributed by atoms with van der Waals surface area (Å²) in [4.78, 5) is 3.86. The Bertz CT molecular complexity index is 800. The van der Waals surface area contributed by atoms with E-state index >= 15 is 0 Å². The molecule has 1 aromatic carbocycles. The highest BCUT2D eigenvalue weighted by atomic mass is 19.4. The molecule has 2 heterocycles. The van der Waals surface area contributed by atoms with E-state index in [1.165, 1.54) is 18.2 Å². The molecule has 0 amide bonds. The largest absolute Gasteiger partial charge is 0.431 e. The Labute approximate surface area is 115 Å². The number of aromatic nitrogens is 2. The fraction of sp³-hybridized carbons (Fsp3) is 0.0714. The van der Waals surface area contributed by atoms with E-state index in [0.717, 1.165) is 28.8 Å². The zero-order valence-corrected chi connectivity index (χ0v) is 10.3. The molecule has 0 aliphatic heterocycles. The molecule has 108 valence electrons. The van der Waals surface area contributed by atoms with Gasteiger partial charge < -0.3 is 0 Å². The van der Waals surface area contributed by atoms with Crippen LogP contribution in [0.5, 0.6) is 0 Å². The van der Waals surface area contributed by atoms with Gasteiger partial charge in [0.25, 0.3) is 0 Å². The summed E-state index contributed by atoms with van der Waals surface area (Å²) in [5.41, 5.74) is -1.64. The number of rotatable bonds is 1. The van der Waals surface area contributed by atoms with Gasteiger partial charge in [-0.25, -0.2) is 13.8 Å². The summed E-state index contributed by atoms with van der Waals surface area (Å²) in [6, 6.07) is 6.60. The van der Waals surface area contributed by atoms with Gasteiger partial charge in [0.1, 0.15) is 23.0 Å². The third-order valence-electron chi connectivity index (χ3n) is 3.00. The van der Waals surface area contributed by atoms with E-state index in [0.29, 0.717) is 0 Å². The molecule has 0 atom stereocenters. The first-order chi connectivity index (χ1) is 9.88. The number of fused-ring (bicyclic) bond motifs is 1. The lowest BCUT2D eigenvalue weighted by Gasteiger charge is -2.08. The molecular weight excluding hydrogens is 291 g/mol. The maximum Gasteiger partial charge on any atom is 0.431 e. The number of halogens is 5. The van der Waals surface area contributed by atoms with Crippen LogP contribution in [0.1, 0.15) is 5.69 Å². The monoisotopic (exact) mass is 298 g/mol. The predicted molar refractivity (Wildman–Crippen MR) is 65.5 cm³/mol. The maximum absolute atomic E-state index is 13.7. The quantitative estimate of drug-likeness (QED) is 0.612. The van der Waals surface area contributed by atoms with Crippen LogP contribution in [0.3, 0.4) is 0 Å². The summed E-state index contributed by atoms with van der Waals surface area (Å²) in [5.74, 6) is -1.76. The highest BCUT2D eigenvalue weighted by Gasteiger charge is 2.33. The van der Waals surface area contributed by atoms with Crippen LogP contribution in [-0.4, -0.2) is 9.38 Å². The van der Waals surface area contributed by atoms with Crippen LogP contribution >= 0.6 is 0 Å². The Morgan fingerprint density at radius 3 is 2.14 bits per heavy atom. The van der Waals surface area contributed by atoms with Gasteiger partial charge in [-0.3, -0.25) is 4.40 Å². The predicted octanol–water partition coefficient (Wildman–Crippen LogP) is 4.30. The maximum atomic E-state index is 13.7. The van der Waals surface area contributed by atoms with Crippen molar-refractivity contribution in [2.45, 2.75) is 6.18 Å². The number of alkyl halides is 3. The average Bonchev–Trinajstić information content (AvgIpc) is 2.80. The topological polar surface area (TPSA) is 17.3 Å². The Morgan fingerprint density at radius 1 is 0.905 bits per heavy atom. The van der Waals surface area contributed by atoms with E-state index in [2.05, 4.69) is 4.98 Å². The van der Waals surface area contributed by atoms with Gasteiger partial charge >= 0.3 is 6.18 Å². The second kappa shape index (κ2) is 4.54. The van der Waals surface area contributed by atoms with Crippen molar-refractivity contribution in [3.05, 3.63) is 59.9 Å². The van der Waals surface area contributed by atoms with Gasteiger partial charge in [-0.2, -0.15) is 13.2 Å². The molecular formula is C14H7F5N2. The number of pyridine rings is 1. The van der Waals surface area contributed by atoms with E-state index in [4.69, 9.17) is 0 Å². The van der Waals surface area contributed by atoms with Gasteiger partial charge in [-0.05, 0) is 24.3 Å². The molecule has 0 saturated heterocycles. The first kappa shape index (κ1) is 13.5. The third kappa shape index (κ3) is 2.24. The number of benzene rings is 1. The van der Waals surface area contributed by atoms with Crippen LogP contribution in [0.25, 0.3) is 16.9 Å².